The van der Waals surface area contributed by atoms with Crippen molar-refractivity contribution < 1.29 is 15.3 Å². The minimum atomic E-state index is -1.22. The molecule has 0 bridgehead atoms. The molecule has 0 aliphatic heterocycles. The zero-order chi connectivity index (χ0) is 14.7. The van der Waals surface area contributed by atoms with Crippen LogP contribution in [0.15, 0.2) is 0 Å². The Hall–Kier alpha value is -0.120. The fraction of sp³-hybridized carbons (Fsp3) is 1.00. The molecule has 0 rings (SSSR count). The Labute approximate surface area is 119 Å². The monoisotopic (exact) mass is 274 g/mol. The summed E-state index contributed by atoms with van der Waals surface area (Å²) in [6.45, 7) is 5.28. The third-order valence-electron chi connectivity index (χ3n) is 3.69. The van der Waals surface area contributed by atoms with Crippen molar-refractivity contribution in [3.63, 3.8) is 0 Å². The van der Waals surface area contributed by atoms with Crippen molar-refractivity contribution in [2.24, 2.45) is 0 Å². The van der Waals surface area contributed by atoms with Gasteiger partial charge in [-0.1, -0.05) is 64.7 Å². The molecule has 0 fully saturated rings. The van der Waals surface area contributed by atoms with E-state index in [-0.39, 0.29) is 0 Å². The van der Waals surface area contributed by atoms with Gasteiger partial charge in [-0.25, -0.2) is 0 Å². The number of hydrogen-bond donors (Lipinski definition) is 3. The number of aliphatic hydroxyl groups is 3. The quantitative estimate of drug-likeness (QED) is 0.478. The third-order valence-corrected chi connectivity index (χ3v) is 3.69. The van der Waals surface area contributed by atoms with Crippen LogP contribution in [-0.2, 0) is 0 Å². The fourth-order valence-electron chi connectivity index (χ4n) is 2.29. The number of unbranched alkanes of at least 4 members (excludes halogenated alkanes) is 8. The van der Waals surface area contributed by atoms with Crippen LogP contribution in [0, 0.1) is 0 Å². The molecule has 0 aromatic rings. The first-order valence-corrected chi connectivity index (χ1v) is 7.98. The highest BCUT2D eigenvalue weighted by atomic mass is 16.4. The lowest BCUT2D eigenvalue weighted by molar-refractivity contribution is -0.108. The lowest BCUT2D eigenvalue weighted by Crippen LogP contribution is -2.44. The van der Waals surface area contributed by atoms with Gasteiger partial charge in [-0.2, -0.15) is 0 Å². The largest absolute Gasteiger partial charge is 0.390 e. The molecular weight excluding hydrogens is 240 g/mol. The molecule has 0 radical (unpaired) electrons. The summed E-state index contributed by atoms with van der Waals surface area (Å²) in [5.41, 5.74) is -1.22. The van der Waals surface area contributed by atoms with E-state index in [4.69, 9.17) is 0 Å². The number of hydrogen-bond acceptors (Lipinski definition) is 3. The van der Waals surface area contributed by atoms with E-state index in [0.29, 0.717) is 6.42 Å². The van der Waals surface area contributed by atoms with Gasteiger partial charge >= 0.3 is 0 Å². The van der Waals surface area contributed by atoms with Crippen LogP contribution in [0.2, 0.25) is 0 Å². The van der Waals surface area contributed by atoms with Gasteiger partial charge in [-0.15, -0.1) is 0 Å². The maximum atomic E-state index is 9.74. The van der Waals surface area contributed by atoms with Crippen molar-refractivity contribution in [2.45, 2.75) is 103 Å². The Kier molecular flexibility index (Phi) is 10.6. The molecule has 2 unspecified atom stereocenters. The van der Waals surface area contributed by atoms with Gasteiger partial charge in [0.2, 0.25) is 0 Å². The molecule has 0 amide bonds. The first-order chi connectivity index (χ1) is 8.89. The van der Waals surface area contributed by atoms with E-state index in [0.717, 1.165) is 12.8 Å². The second kappa shape index (κ2) is 10.6. The van der Waals surface area contributed by atoms with Crippen LogP contribution in [0.5, 0.6) is 0 Å². The van der Waals surface area contributed by atoms with Gasteiger partial charge < -0.3 is 15.3 Å². The van der Waals surface area contributed by atoms with Crippen LogP contribution < -0.4 is 0 Å². The van der Waals surface area contributed by atoms with Gasteiger partial charge in [0.1, 0.15) is 6.10 Å². The van der Waals surface area contributed by atoms with Gasteiger partial charge in [0.25, 0.3) is 0 Å². The van der Waals surface area contributed by atoms with E-state index in [1.54, 1.807) is 0 Å². The summed E-state index contributed by atoms with van der Waals surface area (Å²) in [5, 5.41) is 29.0. The van der Waals surface area contributed by atoms with Crippen molar-refractivity contribution >= 4 is 0 Å². The standard InChI is InChI=1S/C16H34O3/c1-4-5-6-7-8-9-10-11-12-13-14(17)15(18)16(2,3)19/h14-15,17-19H,4-13H2,1-3H3. The van der Waals surface area contributed by atoms with E-state index in [1.165, 1.54) is 58.8 Å². The van der Waals surface area contributed by atoms with Crippen molar-refractivity contribution in [1.82, 2.24) is 0 Å². The highest BCUT2D eigenvalue weighted by molar-refractivity contribution is 4.82. The summed E-state index contributed by atoms with van der Waals surface area (Å²) in [6.07, 6.45) is 9.85. The van der Waals surface area contributed by atoms with Gasteiger partial charge in [0.05, 0.1) is 11.7 Å². The van der Waals surface area contributed by atoms with Crippen molar-refractivity contribution in [3.05, 3.63) is 0 Å². The molecule has 19 heavy (non-hydrogen) atoms. The van der Waals surface area contributed by atoms with Gasteiger partial charge in [0.15, 0.2) is 0 Å². The molecule has 0 heterocycles. The molecule has 3 N–H and O–H groups in total. The molecule has 0 aromatic heterocycles. The summed E-state index contributed by atoms with van der Waals surface area (Å²) in [7, 11) is 0. The highest BCUT2D eigenvalue weighted by Crippen LogP contribution is 2.17. The molecule has 116 valence electrons. The van der Waals surface area contributed by atoms with E-state index >= 15 is 0 Å². The zero-order valence-electron chi connectivity index (χ0n) is 13.1. The summed E-state index contributed by atoms with van der Waals surface area (Å²) in [5.74, 6) is 0. The van der Waals surface area contributed by atoms with Crippen LogP contribution in [0.25, 0.3) is 0 Å². The van der Waals surface area contributed by atoms with E-state index in [1.807, 2.05) is 0 Å². The summed E-state index contributed by atoms with van der Waals surface area (Å²) >= 11 is 0. The smallest absolute Gasteiger partial charge is 0.108 e. The minimum Gasteiger partial charge on any atom is -0.390 e. The SMILES string of the molecule is CCCCCCCCCCCC(O)C(O)C(C)(C)O. The molecule has 0 aromatic carbocycles. The average Bonchev–Trinajstić information content (AvgIpc) is 2.34. The number of aliphatic hydroxyl groups excluding tert-OH is 2. The predicted molar refractivity (Wildman–Crippen MR) is 80.2 cm³/mol. The Balaban J connectivity index is 3.39. The molecule has 0 aliphatic rings. The topological polar surface area (TPSA) is 60.7 Å². The fourth-order valence-corrected chi connectivity index (χ4v) is 2.29. The molecule has 0 saturated carbocycles. The Morgan fingerprint density at radius 2 is 1.21 bits per heavy atom. The molecule has 3 nitrogen and oxygen atoms in total. The van der Waals surface area contributed by atoms with Gasteiger partial charge in [0, 0.05) is 0 Å². The van der Waals surface area contributed by atoms with E-state index in [2.05, 4.69) is 6.92 Å². The summed E-state index contributed by atoms with van der Waals surface area (Å²) in [4.78, 5) is 0. The first-order valence-electron chi connectivity index (χ1n) is 7.98. The van der Waals surface area contributed by atoms with Crippen LogP contribution in [0.3, 0.4) is 0 Å². The Morgan fingerprint density at radius 3 is 1.63 bits per heavy atom. The normalized spacial score (nSPS) is 15.5. The average molecular weight is 274 g/mol. The van der Waals surface area contributed by atoms with Crippen LogP contribution in [-0.4, -0.2) is 33.1 Å². The van der Waals surface area contributed by atoms with Crippen LogP contribution in [0.4, 0.5) is 0 Å². The third kappa shape index (κ3) is 10.3. The predicted octanol–water partition coefficient (Wildman–Crippen LogP) is 3.40. The molecule has 2 atom stereocenters. The summed E-state index contributed by atoms with van der Waals surface area (Å²) in [6, 6.07) is 0. The lowest BCUT2D eigenvalue weighted by Gasteiger charge is -2.28. The maximum absolute atomic E-state index is 9.74. The molecule has 3 heteroatoms. The van der Waals surface area contributed by atoms with Crippen LogP contribution >= 0.6 is 0 Å². The lowest BCUT2D eigenvalue weighted by atomic mass is 9.93. The second-order valence-electron chi connectivity index (χ2n) is 6.28. The molecule has 0 spiro atoms. The first kappa shape index (κ1) is 18.9. The molecule has 0 saturated heterocycles. The van der Waals surface area contributed by atoms with Gasteiger partial charge in [-0.3, -0.25) is 0 Å². The van der Waals surface area contributed by atoms with Crippen molar-refractivity contribution in [1.29, 1.82) is 0 Å². The minimum absolute atomic E-state index is 0.570. The Morgan fingerprint density at radius 1 is 0.789 bits per heavy atom. The van der Waals surface area contributed by atoms with Crippen molar-refractivity contribution in [2.75, 3.05) is 0 Å². The van der Waals surface area contributed by atoms with Crippen LogP contribution in [0.1, 0.15) is 85.0 Å². The van der Waals surface area contributed by atoms with Crippen molar-refractivity contribution in [3.8, 4) is 0 Å². The Bertz CT molecular complexity index is 199. The second-order valence-corrected chi connectivity index (χ2v) is 6.28. The van der Waals surface area contributed by atoms with E-state index < -0.39 is 17.8 Å². The molecular formula is C16H34O3. The van der Waals surface area contributed by atoms with Gasteiger partial charge in [-0.05, 0) is 20.3 Å². The molecule has 0 aliphatic carbocycles. The van der Waals surface area contributed by atoms with E-state index in [9.17, 15) is 15.3 Å². The summed E-state index contributed by atoms with van der Waals surface area (Å²) < 4.78 is 0. The zero-order valence-corrected chi connectivity index (χ0v) is 13.1. The number of rotatable bonds is 12. The maximum Gasteiger partial charge on any atom is 0.108 e. The highest BCUT2D eigenvalue weighted by Gasteiger charge is 2.30.